The second-order valence-corrected chi connectivity index (χ2v) is 5.34. The number of nitrogens with one attached hydrogen (secondary N) is 1. The molecule has 1 rings (SSSR count). The molecule has 0 spiro atoms. The van der Waals surface area contributed by atoms with Crippen LogP contribution in [0.5, 0.6) is 0 Å². The van der Waals surface area contributed by atoms with Gasteiger partial charge in [0.1, 0.15) is 6.04 Å². The molecule has 4 N–H and O–H groups in total. The number of carbonyl (C=O) groups excluding carboxylic acids is 1. The van der Waals surface area contributed by atoms with Gasteiger partial charge in [0.2, 0.25) is 5.91 Å². The van der Waals surface area contributed by atoms with Crippen LogP contribution in [0.2, 0.25) is 0 Å². The van der Waals surface area contributed by atoms with Crippen LogP contribution in [0.3, 0.4) is 0 Å². The van der Waals surface area contributed by atoms with Gasteiger partial charge in [0.15, 0.2) is 0 Å². The highest BCUT2D eigenvalue weighted by molar-refractivity contribution is 5.86. The van der Waals surface area contributed by atoms with Gasteiger partial charge in [-0.1, -0.05) is 50.6 Å². The number of hydrogen-bond donors (Lipinski definition) is 3. The van der Waals surface area contributed by atoms with Crippen molar-refractivity contribution in [2.45, 2.75) is 45.2 Å². The summed E-state index contributed by atoms with van der Waals surface area (Å²) in [4.78, 5) is 23.2. The fraction of sp³-hybridized carbons (Fsp3) is 0.500. The molecule has 0 fully saturated rings. The van der Waals surface area contributed by atoms with Gasteiger partial charge in [0.05, 0.1) is 6.04 Å². The van der Waals surface area contributed by atoms with E-state index in [0.29, 0.717) is 12.8 Å². The number of hydrogen-bond acceptors (Lipinski definition) is 3. The third kappa shape index (κ3) is 5.55. The van der Waals surface area contributed by atoms with Crippen molar-refractivity contribution in [2.75, 3.05) is 0 Å². The van der Waals surface area contributed by atoms with E-state index < -0.39 is 24.0 Å². The molecule has 0 saturated carbocycles. The van der Waals surface area contributed by atoms with Gasteiger partial charge in [0, 0.05) is 0 Å². The van der Waals surface area contributed by atoms with Crippen LogP contribution in [0.25, 0.3) is 0 Å². The summed E-state index contributed by atoms with van der Waals surface area (Å²) in [6, 6.07) is 8.01. The van der Waals surface area contributed by atoms with Crippen LogP contribution < -0.4 is 11.1 Å². The number of amides is 1. The number of carboxylic acids is 1. The van der Waals surface area contributed by atoms with E-state index in [1.54, 1.807) is 0 Å². The monoisotopic (exact) mass is 292 g/mol. The van der Waals surface area contributed by atoms with Gasteiger partial charge in [-0.05, 0) is 24.3 Å². The van der Waals surface area contributed by atoms with E-state index in [4.69, 9.17) is 5.73 Å². The molecule has 0 aliphatic heterocycles. The number of rotatable bonds is 8. The van der Waals surface area contributed by atoms with Gasteiger partial charge < -0.3 is 16.2 Å². The number of benzene rings is 1. The average Bonchev–Trinajstić information content (AvgIpc) is 2.50. The smallest absolute Gasteiger partial charge is 0.326 e. The molecular weight excluding hydrogens is 268 g/mol. The van der Waals surface area contributed by atoms with E-state index in [1.807, 2.05) is 44.2 Å². The highest BCUT2D eigenvalue weighted by Crippen LogP contribution is 2.08. The van der Waals surface area contributed by atoms with E-state index in [2.05, 4.69) is 5.32 Å². The Balaban J connectivity index is 2.58. The summed E-state index contributed by atoms with van der Waals surface area (Å²) in [6.45, 7) is 3.83. The molecule has 0 saturated heterocycles. The lowest BCUT2D eigenvalue weighted by molar-refractivity contribution is -0.142. The fourth-order valence-electron chi connectivity index (χ4n) is 1.99. The molecule has 0 radical (unpaired) electrons. The van der Waals surface area contributed by atoms with Gasteiger partial charge >= 0.3 is 5.97 Å². The first-order chi connectivity index (χ1) is 9.95. The lowest BCUT2D eigenvalue weighted by Gasteiger charge is -2.21. The predicted octanol–water partition coefficient (Wildman–Crippen LogP) is 1.56. The van der Waals surface area contributed by atoms with Crippen molar-refractivity contribution in [3.8, 4) is 0 Å². The van der Waals surface area contributed by atoms with Crippen LogP contribution >= 0.6 is 0 Å². The SMILES string of the molecule is CCC(C)C(N)C(=O)NC(CCc1ccccc1)C(=O)O. The summed E-state index contributed by atoms with van der Waals surface area (Å²) < 4.78 is 0. The molecule has 5 heteroatoms. The molecule has 3 atom stereocenters. The molecule has 1 aromatic rings. The second kappa shape index (κ2) is 8.42. The Morgan fingerprint density at radius 1 is 1.29 bits per heavy atom. The maximum atomic E-state index is 12.0. The van der Waals surface area contributed by atoms with Crippen LogP contribution in [0.15, 0.2) is 30.3 Å². The first-order valence-electron chi connectivity index (χ1n) is 7.28. The molecule has 3 unspecified atom stereocenters. The molecule has 116 valence electrons. The number of aliphatic carboxylic acids is 1. The number of carbonyl (C=O) groups is 2. The molecule has 1 amide bonds. The van der Waals surface area contributed by atoms with Crippen molar-refractivity contribution in [2.24, 2.45) is 11.7 Å². The molecular formula is C16H24N2O3. The summed E-state index contributed by atoms with van der Waals surface area (Å²) >= 11 is 0. The van der Waals surface area contributed by atoms with E-state index in [0.717, 1.165) is 12.0 Å². The Kier molecular flexibility index (Phi) is 6.88. The third-order valence-electron chi connectivity index (χ3n) is 3.74. The van der Waals surface area contributed by atoms with Crippen molar-refractivity contribution < 1.29 is 14.7 Å². The van der Waals surface area contributed by atoms with Gasteiger partial charge in [0.25, 0.3) is 0 Å². The summed E-state index contributed by atoms with van der Waals surface area (Å²) in [7, 11) is 0. The standard InChI is InChI=1S/C16H24N2O3/c1-3-11(2)14(17)15(19)18-13(16(20)21)10-9-12-7-5-4-6-8-12/h4-8,11,13-14H,3,9-10,17H2,1-2H3,(H,18,19)(H,20,21). The topological polar surface area (TPSA) is 92.4 Å². The molecule has 0 heterocycles. The zero-order chi connectivity index (χ0) is 15.8. The zero-order valence-corrected chi connectivity index (χ0v) is 12.6. The number of carboxylic acid groups (broad SMARTS) is 1. The highest BCUT2D eigenvalue weighted by Gasteiger charge is 2.25. The summed E-state index contributed by atoms with van der Waals surface area (Å²) in [6.07, 6.45) is 1.71. The van der Waals surface area contributed by atoms with Gasteiger partial charge in [-0.2, -0.15) is 0 Å². The summed E-state index contributed by atoms with van der Waals surface area (Å²) in [5.41, 5.74) is 6.87. The van der Waals surface area contributed by atoms with E-state index in [9.17, 15) is 14.7 Å². The minimum absolute atomic E-state index is 0.0218. The molecule has 5 nitrogen and oxygen atoms in total. The number of nitrogens with two attached hydrogens (primary N) is 1. The Hall–Kier alpha value is -1.88. The number of aryl methyl sites for hydroxylation is 1. The van der Waals surface area contributed by atoms with Crippen LogP contribution in [0.4, 0.5) is 0 Å². The Morgan fingerprint density at radius 2 is 1.90 bits per heavy atom. The lowest BCUT2D eigenvalue weighted by Crippen LogP contribution is -2.50. The zero-order valence-electron chi connectivity index (χ0n) is 12.6. The van der Waals surface area contributed by atoms with Crippen LogP contribution in [-0.4, -0.2) is 29.1 Å². The highest BCUT2D eigenvalue weighted by atomic mass is 16.4. The minimum atomic E-state index is -1.03. The van der Waals surface area contributed by atoms with Crippen molar-refractivity contribution in [3.05, 3.63) is 35.9 Å². The predicted molar refractivity (Wildman–Crippen MR) is 81.8 cm³/mol. The van der Waals surface area contributed by atoms with E-state index in [-0.39, 0.29) is 5.92 Å². The summed E-state index contributed by atoms with van der Waals surface area (Å²) in [5, 5.41) is 11.8. The maximum absolute atomic E-state index is 12.0. The Morgan fingerprint density at radius 3 is 2.43 bits per heavy atom. The fourth-order valence-corrected chi connectivity index (χ4v) is 1.99. The second-order valence-electron chi connectivity index (χ2n) is 5.34. The molecule has 0 aromatic heterocycles. The third-order valence-corrected chi connectivity index (χ3v) is 3.74. The van der Waals surface area contributed by atoms with E-state index in [1.165, 1.54) is 0 Å². The van der Waals surface area contributed by atoms with Crippen LogP contribution in [0.1, 0.15) is 32.3 Å². The van der Waals surface area contributed by atoms with Crippen molar-refractivity contribution in [1.82, 2.24) is 5.32 Å². The average molecular weight is 292 g/mol. The van der Waals surface area contributed by atoms with Gasteiger partial charge in [-0.15, -0.1) is 0 Å². The van der Waals surface area contributed by atoms with Crippen LogP contribution in [0, 0.1) is 5.92 Å². The molecule has 0 bridgehead atoms. The van der Waals surface area contributed by atoms with Gasteiger partial charge in [-0.25, -0.2) is 4.79 Å². The molecule has 0 aliphatic rings. The normalized spacial score (nSPS) is 15.0. The van der Waals surface area contributed by atoms with Crippen molar-refractivity contribution in [1.29, 1.82) is 0 Å². The van der Waals surface area contributed by atoms with Crippen molar-refractivity contribution in [3.63, 3.8) is 0 Å². The van der Waals surface area contributed by atoms with Crippen molar-refractivity contribution >= 4 is 11.9 Å². The first kappa shape index (κ1) is 17.2. The first-order valence-corrected chi connectivity index (χ1v) is 7.28. The molecule has 0 aliphatic carbocycles. The lowest BCUT2D eigenvalue weighted by atomic mass is 9.98. The molecule has 1 aromatic carbocycles. The van der Waals surface area contributed by atoms with Crippen LogP contribution in [-0.2, 0) is 16.0 Å². The quantitative estimate of drug-likeness (QED) is 0.678. The molecule has 21 heavy (non-hydrogen) atoms. The van der Waals surface area contributed by atoms with Gasteiger partial charge in [-0.3, -0.25) is 4.79 Å². The summed E-state index contributed by atoms with van der Waals surface area (Å²) in [5.74, 6) is -1.41. The largest absolute Gasteiger partial charge is 0.480 e. The van der Waals surface area contributed by atoms with E-state index >= 15 is 0 Å². The Labute approximate surface area is 125 Å². The minimum Gasteiger partial charge on any atom is -0.480 e. The Bertz CT molecular complexity index is 462. The maximum Gasteiger partial charge on any atom is 0.326 e.